The molecule has 2 atom stereocenters. The number of halogens is 1. The number of likely N-dealkylation sites (tertiary alicyclic amines) is 1. The van der Waals surface area contributed by atoms with Crippen molar-refractivity contribution >= 4 is 39.1 Å². The topological polar surface area (TPSA) is 99.3 Å². The molecule has 0 spiro atoms. The first kappa shape index (κ1) is 27.5. The molecule has 214 valence electrons. The van der Waals surface area contributed by atoms with Gasteiger partial charge in [0.1, 0.15) is 6.10 Å². The van der Waals surface area contributed by atoms with Crippen molar-refractivity contribution in [2.24, 2.45) is 11.8 Å². The van der Waals surface area contributed by atoms with Crippen LogP contribution in [0.1, 0.15) is 42.5 Å². The molecule has 2 aromatic carbocycles. The number of rotatable bonds is 5. The Kier molecular flexibility index (Phi) is 7.54. The van der Waals surface area contributed by atoms with Gasteiger partial charge in [0.25, 0.3) is 5.91 Å². The minimum atomic E-state index is -3.77. The average Bonchev–Trinajstić information content (AvgIpc) is 3.79. The van der Waals surface area contributed by atoms with Crippen LogP contribution in [0.5, 0.6) is 5.75 Å². The summed E-state index contributed by atoms with van der Waals surface area (Å²) in [5.41, 5.74) is 0.869. The molecule has 0 bridgehead atoms. The number of benzene rings is 2. The number of nitrogens with zero attached hydrogens (tertiary/aromatic N) is 3. The molecule has 40 heavy (non-hydrogen) atoms. The zero-order valence-electron chi connectivity index (χ0n) is 22.6. The van der Waals surface area contributed by atoms with Crippen molar-refractivity contribution in [2.75, 3.05) is 45.1 Å². The van der Waals surface area contributed by atoms with Gasteiger partial charge in [0.15, 0.2) is 5.75 Å². The number of hydrogen-bond donors (Lipinski definition) is 1. The Morgan fingerprint density at radius 2 is 1.70 bits per heavy atom. The molecule has 0 unspecified atom stereocenters. The number of fused-ring (bicyclic) bond motifs is 2. The van der Waals surface area contributed by atoms with Crippen LogP contribution in [-0.2, 0) is 14.8 Å². The maximum Gasteiger partial charge on any atom is 0.257 e. The molecule has 2 saturated heterocycles. The van der Waals surface area contributed by atoms with Crippen LogP contribution in [-0.4, -0.2) is 86.3 Å². The van der Waals surface area contributed by atoms with E-state index in [-0.39, 0.29) is 41.1 Å². The Morgan fingerprint density at radius 1 is 0.975 bits per heavy atom. The van der Waals surface area contributed by atoms with Crippen LogP contribution in [0.3, 0.4) is 0 Å². The molecular weight excluding hydrogens is 552 g/mol. The molecule has 9 nitrogen and oxygen atoms in total. The number of amides is 2. The van der Waals surface area contributed by atoms with E-state index in [0.29, 0.717) is 41.5 Å². The van der Waals surface area contributed by atoms with Gasteiger partial charge in [-0.1, -0.05) is 17.7 Å². The molecule has 3 aliphatic heterocycles. The van der Waals surface area contributed by atoms with E-state index in [2.05, 4.69) is 17.3 Å². The molecule has 11 heteroatoms. The van der Waals surface area contributed by atoms with Crippen molar-refractivity contribution in [1.29, 1.82) is 0 Å². The van der Waals surface area contributed by atoms with E-state index >= 15 is 0 Å². The van der Waals surface area contributed by atoms with Gasteiger partial charge < -0.3 is 19.9 Å². The van der Waals surface area contributed by atoms with Gasteiger partial charge >= 0.3 is 0 Å². The second-order valence-electron chi connectivity index (χ2n) is 11.5. The summed E-state index contributed by atoms with van der Waals surface area (Å²) in [6.45, 7) is 2.81. The highest BCUT2D eigenvalue weighted by Crippen LogP contribution is 2.39. The van der Waals surface area contributed by atoms with Crippen LogP contribution < -0.4 is 10.1 Å². The lowest BCUT2D eigenvalue weighted by Gasteiger charge is -2.45. The third-order valence-corrected chi connectivity index (χ3v) is 10.8. The maximum atomic E-state index is 14.1. The lowest BCUT2D eigenvalue weighted by Crippen LogP contribution is -2.56. The summed E-state index contributed by atoms with van der Waals surface area (Å²) < 4.78 is 35.2. The predicted octanol–water partition coefficient (Wildman–Crippen LogP) is 3.70. The number of piperidine rings is 2. The van der Waals surface area contributed by atoms with Gasteiger partial charge in [0.2, 0.25) is 15.9 Å². The van der Waals surface area contributed by atoms with Gasteiger partial charge in [0, 0.05) is 36.0 Å². The van der Waals surface area contributed by atoms with Gasteiger partial charge in [-0.25, -0.2) is 8.42 Å². The first-order chi connectivity index (χ1) is 19.2. The highest BCUT2D eigenvalue weighted by molar-refractivity contribution is 7.89. The summed E-state index contributed by atoms with van der Waals surface area (Å²) in [7, 11) is -1.68. The van der Waals surface area contributed by atoms with Crippen LogP contribution in [0.4, 0.5) is 5.69 Å². The number of hydrogen-bond acceptors (Lipinski definition) is 6. The molecule has 0 radical (unpaired) electrons. The zero-order chi connectivity index (χ0) is 28.0. The summed E-state index contributed by atoms with van der Waals surface area (Å²) in [6.07, 6.45) is 3.53. The molecule has 1 saturated carbocycles. The summed E-state index contributed by atoms with van der Waals surface area (Å²) in [4.78, 5) is 31.2. The second-order valence-corrected chi connectivity index (χ2v) is 13.8. The fraction of sp³-hybridized carbons (Fsp3) is 0.517. The van der Waals surface area contributed by atoms with Crippen molar-refractivity contribution in [3.8, 4) is 5.75 Å². The standard InChI is InChI=1S/C29H35ClN4O5S/c1-32-14-12-22(13-15-32)34-17-20-11-16-33(40(37,38)23-9-7-21(30)8-10-23)18-26(20)39-27-24(29(34)36)3-2-4-25(27)31-28(35)19-5-6-19/h2-4,7-10,19-20,22,26H,5-6,11-18H2,1H3,(H,31,35)/t20-,26-/m0/s1. The Bertz CT molecular complexity index is 1390. The minimum absolute atomic E-state index is 0.0155. The molecule has 3 heterocycles. The molecule has 2 amide bonds. The number of para-hydroxylation sites is 1. The Hall–Kier alpha value is -2.66. The summed E-state index contributed by atoms with van der Waals surface area (Å²) in [5, 5.41) is 3.45. The lowest BCUT2D eigenvalue weighted by atomic mass is 9.90. The monoisotopic (exact) mass is 586 g/mol. The summed E-state index contributed by atoms with van der Waals surface area (Å²) in [5.74, 6) is 0.0892. The minimum Gasteiger partial charge on any atom is -0.486 e. The van der Waals surface area contributed by atoms with Crippen LogP contribution in [0.2, 0.25) is 5.02 Å². The molecule has 6 rings (SSSR count). The second kappa shape index (κ2) is 11.0. The number of carbonyl (C=O) groups is 2. The van der Waals surface area contributed by atoms with Crippen molar-refractivity contribution in [3.63, 3.8) is 0 Å². The van der Waals surface area contributed by atoms with Gasteiger partial charge in [-0.3, -0.25) is 9.59 Å². The first-order valence-electron chi connectivity index (χ1n) is 14.1. The van der Waals surface area contributed by atoms with Crippen LogP contribution >= 0.6 is 11.6 Å². The average molecular weight is 587 g/mol. The van der Waals surface area contributed by atoms with Gasteiger partial charge in [-0.15, -0.1) is 0 Å². The van der Waals surface area contributed by atoms with E-state index in [0.717, 1.165) is 38.8 Å². The first-order valence-corrected chi connectivity index (χ1v) is 15.9. The lowest BCUT2D eigenvalue weighted by molar-refractivity contribution is -0.117. The fourth-order valence-electron chi connectivity index (χ4n) is 6.03. The summed E-state index contributed by atoms with van der Waals surface area (Å²) in [6, 6.07) is 11.6. The molecule has 3 fully saturated rings. The molecule has 0 aromatic heterocycles. The molecular formula is C29H35ClN4O5S. The van der Waals surface area contributed by atoms with E-state index in [9.17, 15) is 18.0 Å². The van der Waals surface area contributed by atoms with E-state index in [1.165, 1.54) is 16.4 Å². The van der Waals surface area contributed by atoms with Crippen molar-refractivity contribution in [3.05, 3.63) is 53.1 Å². The number of sulfonamides is 1. The largest absolute Gasteiger partial charge is 0.486 e. The van der Waals surface area contributed by atoms with Crippen molar-refractivity contribution < 1.29 is 22.7 Å². The maximum absolute atomic E-state index is 14.1. The quantitative estimate of drug-likeness (QED) is 0.574. The van der Waals surface area contributed by atoms with Crippen molar-refractivity contribution in [1.82, 2.24) is 14.1 Å². The Balaban J connectivity index is 1.35. The Morgan fingerprint density at radius 3 is 2.40 bits per heavy atom. The number of carbonyl (C=O) groups excluding carboxylic acids is 2. The number of ether oxygens (including phenoxy) is 1. The SMILES string of the molecule is CN1CCC(N2C[C@@H]3CCN(S(=O)(=O)c4ccc(Cl)cc4)C[C@@H]3Oc3c(NC(=O)C4CC4)cccc3C2=O)CC1. The molecule has 4 aliphatic rings. The zero-order valence-corrected chi connectivity index (χ0v) is 24.2. The third-order valence-electron chi connectivity index (χ3n) is 8.65. The van der Waals surface area contributed by atoms with Gasteiger partial charge in [-0.2, -0.15) is 4.31 Å². The highest BCUT2D eigenvalue weighted by atomic mass is 35.5. The van der Waals surface area contributed by atoms with Gasteiger partial charge in [0.05, 0.1) is 22.7 Å². The fourth-order valence-corrected chi connectivity index (χ4v) is 7.62. The molecule has 2 aromatic rings. The highest BCUT2D eigenvalue weighted by Gasteiger charge is 2.43. The van der Waals surface area contributed by atoms with E-state index in [4.69, 9.17) is 16.3 Å². The number of anilines is 1. The smallest absolute Gasteiger partial charge is 0.257 e. The number of nitrogens with one attached hydrogen (secondary N) is 1. The van der Waals surface area contributed by atoms with E-state index in [1.807, 2.05) is 4.90 Å². The predicted molar refractivity (Wildman–Crippen MR) is 152 cm³/mol. The van der Waals surface area contributed by atoms with Crippen LogP contribution in [0.15, 0.2) is 47.4 Å². The third kappa shape index (κ3) is 5.46. The van der Waals surface area contributed by atoms with Crippen LogP contribution in [0.25, 0.3) is 0 Å². The normalized spacial score (nSPS) is 24.9. The Labute approximate surface area is 240 Å². The van der Waals surface area contributed by atoms with Crippen molar-refractivity contribution in [2.45, 2.75) is 49.1 Å². The van der Waals surface area contributed by atoms with E-state index < -0.39 is 16.1 Å². The van der Waals surface area contributed by atoms with E-state index in [1.54, 1.807) is 30.3 Å². The van der Waals surface area contributed by atoms with Gasteiger partial charge in [-0.05, 0) is 88.6 Å². The van der Waals surface area contributed by atoms with Crippen LogP contribution in [0, 0.1) is 11.8 Å². The molecule has 1 N–H and O–H groups in total. The molecule has 1 aliphatic carbocycles. The summed E-state index contributed by atoms with van der Waals surface area (Å²) >= 11 is 6.00.